The number of para-hydroxylation sites is 1. The summed E-state index contributed by atoms with van der Waals surface area (Å²) in [4.78, 5) is 16.4. The number of fused-ring (bicyclic) bond motifs is 5. The third kappa shape index (κ3) is 1.95. The number of aromatic nitrogens is 1. The molecular formula is C16H8ClNO2S. The van der Waals surface area contributed by atoms with Crippen molar-refractivity contribution in [2.24, 2.45) is 0 Å². The van der Waals surface area contributed by atoms with Gasteiger partial charge in [-0.05, 0) is 30.3 Å². The lowest BCUT2D eigenvalue weighted by Gasteiger charge is -2.08. The van der Waals surface area contributed by atoms with E-state index in [4.69, 9.17) is 16.3 Å². The maximum Gasteiger partial charge on any atom is 0.178 e. The fraction of sp³-hybridized carbons (Fsp3) is 0. The van der Waals surface area contributed by atoms with Crippen LogP contribution in [0.3, 0.4) is 0 Å². The maximum absolute atomic E-state index is 11.1. The first-order valence-corrected chi connectivity index (χ1v) is 7.49. The monoisotopic (exact) mass is 313 g/mol. The van der Waals surface area contributed by atoms with E-state index < -0.39 is 0 Å². The molecule has 1 aliphatic rings. The summed E-state index contributed by atoms with van der Waals surface area (Å²) in [5.74, 6) is 1.44. The number of ether oxygens (including phenoxy) is 1. The second kappa shape index (κ2) is 4.69. The van der Waals surface area contributed by atoms with Crippen molar-refractivity contribution in [1.29, 1.82) is 0 Å². The predicted octanol–water partition coefficient (Wildman–Crippen LogP) is 5.05. The van der Waals surface area contributed by atoms with Crippen molar-refractivity contribution in [1.82, 2.24) is 4.98 Å². The molecule has 1 aromatic heterocycles. The van der Waals surface area contributed by atoms with Gasteiger partial charge < -0.3 is 4.74 Å². The highest BCUT2D eigenvalue weighted by Crippen LogP contribution is 2.48. The fourth-order valence-electron chi connectivity index (χ4n) is 2.39. The average molecular weight is 314 g/mol. The number of halogens is 1. The van der Waals surface area contributed by atoms with Gasteiger partial charge in [-0.3, -0.25) is 4.79 Å². The van der Waals surface area contributed by atoms with Crippen LogP contribution in [0.25, 0.3) is 21.7 Å². The molecule has 0 spiro atoms. The number of hydrogen-bond donors (Lipinski definition) is 0. The van der Waals surface area contributed by atoms with Crippen molar-refractivity contribution in [3.8, 4) is 33.2 Å². The first kappa shape index (κ1) is 12.6. The molecule has 0 unspecified atom stereocenters. The van der Waals surface area contributed by atoms with Crippen molar-refractivity contribution >= 4 is 29.2 Å². The zero-order valence-corrected chi connectivity index (χ0v) is 12.2. The van der Waals surface area contributed by atoms with Gasteiger partial charge in [0, 0.05) is 16.1 Å². The van der Waals surface area contributed by atoms with Gasteiger partial charge in [-0.1, -0.05) is 23.7 Å². The van der Waals surface area contributed by atoms with Gasteiger partial charge in [-0.2, -0.15) is 0 Å². The van der Waals surface area contributed by atoms with Crippen molar-refractivity contribution < 1.29 is 9.53 Å². The van der Waals surface area contributed by atoms with Gasteiger partial charge in [-0.25, -0.2) is 4.98 Å². The average Bonchev–Trinajstić information content (AvgIpc) is 2.89. The van der Waals surface area contributed by atoms with Gasteiger partial charge in [0.15, 0.2) is 11.3 Å². The molecule has 0 bridgehead atoms. The van der Waals surface area contributed by atoms with E-state index in [9.17, 15) is 4.79 Å². The highest BCUT2D eigenvalue weighted by atomic mass is 35.5. The van der Waals surface area contributed by atoms with E-state index in [-0.39, 0.29) is 0 Å². The van der Waals surface area contributed by atoms with Gasteiger partial charge in [0.2, 0.25) is 0 Å². The van der Waals surface area contributed by atoms with Crippen LogP contribution in [0.15, 0.2) is 42.5 Å². The fourth-order valence-corrected chi connectivity index (χ4v) is 3.49. The molecule has 0 radical (unpaired) electrons. The molecule has 2 heterocycles. The zero-order chi connectivity index (χ0) is 14.4. The van der Waals surface area contributed by atoms with Crippen LogP contribution in [-0.4, -0.2) is 11.3 Å². The Morgan fingerprint density at radius 1 is 1.10 bits per heavy atom. The van der Waals surface area contributed by atoms with E-state index in [0.717, 1.165) is 33.7 Å². The standard InChI is InChI=1S/C16H8ClNO2S/c17-9-5-6-13-11(7-9)15-16(21-14(8-19)18-15)10-3-1-2-4-12(10)20-13/h1-8H. The van der Waals surface area contributed by atoms with Crippen molar-refractivity contribution in [2.45, 2.75) is 0 Å². The third-order valence-corrected chi connectivity index (χ3v) is 4.54. The molecular weight excluding hydrogens is 306 g/mol. The van der Waals surface area contributed by atoms with E-state index in [1.807, 2.05) is 36.4 Å². The number of rotatable bonds is 1. The number of hydrogen-bond acceptors (Lipinski definition) is 4. The first-order chi connectivity index (χ1) is 10.3. The lowest BCUT2D eigenvalue weighted by molar-refractivity contribution is 0.112. The lowest BCUT2D eigenvalue weighted by Crippen LogP contribution is -1.87. The van der Waals surface area contributed by atoms with Crippen molar-refractivity contribution in [3.05, 3.63) is 52.5 Å². The van der Waals surface area contributed by atoms with Crippen LogP contribution in [0, 0.1) is 0 Å². The molecule has 21 heavy (non-hydrogen) atoms. The SMILES string of the molecule is O=Cc1nc2c(s1)-c1ccccc1Oc1ccc(Cl)cc1-2. The minimum atomic E-state index is 0.447. The van der Waals surface area contributed by atoms with E-state index >= 15 is 0 Å². The second-order valence-corrected chi connectivity index (χ2v) is 6.05. The molecule has 0 atom stereocenters. The smallest absolute Gasteiger partial charge is 0.178 e. The van der Waals surface area contributed by atoms with Crippen LogP contribution in [0.4, 0.5) is 0 Å². The van der Waals surface area contributed by atoms with Gasteiger partial charge >= 0.3 is 0 Å². The van der Waals surface area contributed by atoms with Crippen LogP contribution in [-0.2, 0) is 0 Å². The molecule has 5 heteroatoms. The van der Waals surface area contributed by atoms with Gasteiger partial charge in [0.25, 0.3) is 0 Å². The van der Waals surface area contributed by atoms with Crippen LogP contribution >= 0.6 is 22.9 Å². The molecule has 0 aliphatic carbocycles. The molecule has 3 nitrogen and oxygen atoms in total. The quantitative estimate of drug-likeness (QED) is 0.462. The summed E-state index contributed by atoms with van der Waals surface area (Å²) < 4.78 is 5.99. The summed E-state index contributed by atoms with van der Waals surface area (Å²) in [5.41, 5.74) is 2.48. The van der Waals surface area contributed by atoms with E-state index in [1.165, 1.54) is 11.3 Å². The number of thiazole rings is 1. The summed E-state index contributed by atoms with van der Waals surface area (Å²) in [6.07, 6.45) is 0.771. The van der Waals surface area contributed by atoms with Crippen LogP contribution < -0.4 is 4.74 Å². The largest absolute Gasteiger partial charge is 0.456 e. The van der Waals surface area contributed by atoms with E-state index in [2.05, 4.69) is 4.98 Å². The molecule has 0 N–H and O–H groups in total. The predicted molar refractivity (Wildman–Crippen MR) is 83.5 cm³/mol. The van der Waals surface area contributed by atoms with Gasteiger partial charge in [0.1, 0.15) is 11.5 Å². The van der Waals surface area contributed by atoms with Gasteiger partial charge in [-0.15, -0.1) is 11.3 Å². The highest BCUT2D eigenvalue weighted by molar-refractivity contribution is 7.17. The Bertz CT molecular complexity index is 872. The Morgan fingerprint density at radius 2 is 1.90 bits per heavy atom. The van der Waals surface area contributed by atoms with Crippen LogP contribution in [0.5, 0.6) is 11.5 Å². The number of carbonyl (C=O) groups is 1. The Balaban J connectivity index is 2.10. The first-order valence-electron chi connectivity index (χ1n) is 6.29. The third-order valence-electron chi connectivity index (χ3n) is 3.29. The number of benzene rings is 2. The number of nitrogens with zero attached hydrogens (tertiary/aromatic N) is 1. The second-order valence-electron chi connectivity index (χ2n) is 4.59. The summed E-state index contributed by atoms with van der Waals surface area (Å²) in [7, 11) is 0. The molecule has 3 aromatic rings. The Morgan fingerprint density at radius 3 is 2.76 bits per heavy atom. The molecule has 0 saturated heterocycles. The molecule has 4 rings (SSSR count). The molecule has 102 valence electrons. The van der Waals surface area contributed by atoms with Crippen LogP contribution in [0.1, 0.15) is 9.80 Å². The highest BCUT2D eigenvalue weighted by Gasteiger charge is 2.24. The van der Waals surface area contributed by atoms with E-state index in [0.29, 0.717) is 15.8 Å². The van der Waals surface area contributed by atoms with Gasteiger partial charge in [0.05, 0.1) is 10.6 Å². The van der Waals surface area contributed by atoms with Crippen LogP contribution in [0.2, 0.25) is 5.02 Å². The lowest BCUT2D eigenvalue weighted by atomic mass is 10.1. The number of aldehydes is 1. The summed E-state index contributed by atoms with van der Waals surface area (Å²) in [5, 5.41) is 1.05. The molecule has 2 aromatic carbocycles. The van der Waals surface area contributed by atoms with E-state index in [1.54, 1.807) is 6.07 Å². The topological polar surface area (TPSA) is 39.2 Å². The number of carbonyl (C=O) groups excluding carboxylic acids is 1. The summed E-state index contributed by atoms with van der Waals surface area (Å²) >= 11 is 7.46. The normalized spacial score (nSPS) is 11.7. The zero-order valence-electron chi connectivity index (χ0n) is 10.7. The Labute approximate surface area is 129 Å². The molecule has 1 aliphatic heterocycles. The van der Waals surface area contributed by atoms with Crippen molar-refractivity contribution in [2.75, 3.05) is 0 Å². The summed E-state index contributed by atoms with van der Waals surface area (Å²) in [6.45, 7) is 0. The van der Waals surface area contributed by atoms with Crippen molar-refractivity contribution in [3.63, 3.8) is 0 Å². The minimum absolute atomic E-state index is 0.447. The summed E-state index contributed by atoms with van der Waals surface area (Å²) in [6, 6.07) is 13.1. The molecule has 0 saturated carbocycles. The molecule has 0 amide bonds. The maximum atomic E-state index is 11.1. The Kier molecular flexibility index (Phi) is 2.80. The molecule has 0 fully saturated rings. The minimum Gasteiger partial charge on any atom is -0.456 e. The Hall–Kier alpha value is -2.17.